The van der Waals surface area contributed by atoms with E-state index in [0.29, 0.717) is 17.0 Å². The van der Waals surface area contributed by atoms with Crippen molar-refractivity contribution >= 4 is 27.5 Å². The molecule has 8 nitrogen and oxygen atoms in total. The Hall–Kier alpha value is -3.17. The summed E-state index contributed by atoms with van der Waals surface area (Å²) in [7, 11) is -3.46. The van der Waals surface area contributed by atoms with Crippen LogP contribution in [0.25, 0.3) is 0 Å². The minimum Gasteiger partial charge on any atom is -0.484 e. The molecule has 2 aromatic rings. The highest BCUT2D eigenvalue weighted by atomic mass is 32.2. The van der Waals surface area contributed by atoms with Crippen molar-refractivity contribution in [3.8, 4) is 5.75 Å². The first-order chi connectivity index (χ1) is 15.2. The number of carbonyl (C=O) groups is 2. The highest BCUT2D eigenvalue weighted by Gasteiger charge is 2.24. The van der Waals surface area contributed by atoms with Gasteiger partial charge in [-0.1, -0.05) is 50.3 Å². The number of carbonyl (C=O) groups excluding carboxylic acids is 2. The van der Waals surface area contributed by atoms with Crippen molar-refractivity contribution in [1.82, 2.24) is 10.0 Å². The summed E-state index contributed by atoms with van der Waals surface area (Å²) in [5, 5.41) is 5.45. The second-order valence-electron chi connectivity index (χ2n) is 7.47. The van der Waals surface area contributed by atoms with Gasteiger partial charge in [0, 0.05) is 12.2 Å². The molecule has 2 rings (SSSR count). The summed E-state index contributed by atoms with van der Waals surface area (Å²) in [5.74, 6) is -0.552. The lowest BCUT2D eigenvalue weighted by atomic mass is 10.0. The van der Waals surface area contributed by atoms with E-state index in [2.05, 4.69) is 21.9 Å². The summed E-state index contributed by atoms with van der Waals surface area (Å²) in [5.41, 5.74) is 1.07. The molecule has 0 aliphatic carbocycles. The molecule has 0 aromatic heterocycles. The molecule has 0 fully saturated rings. The lowest BCUT2D eigenvalue weighted by molar-refractivity contribution is -0.128. The highest BCUT2D eigenvalue weighted by molar-refractivity contribution is 7.88. The summed E-state index contributed by atoms with van der Waals surface area (Å²) in [4.78, 5) is 25.0. The number of hydrogen-bond acceptors (Lipinski definition) is 5. The molecule has 2 amide bonds. The van der Waals surface area contributed by atoms with Crippen LogP contribution in [0.3, 0.4) is 0 Å². The summed E-state index contributed by atoms with van der Waals surface area (Å²) < 4.78 is 31.7. The lowest BCUT2D eigenvalue weighted by Crippen LogP contribution is -2.48. The van der Waals surface area contributed by atoms with Gasteiger partial charge < -0.3 is 15.4 Å². The molecule has 2 aromatic carbocycles. The number of anilines is 1. The maximum absolute atomic E-state index is 12.7. The van der Waals surface area contributed by atoms with Crippen LogP contribution in [-0.4, -0.2) is 39.4 Å². The molecule has 0 radical (unpaired) electrons. The average Bonchev–Trinajstić information content (AvgIpc) is 2.76. The molecule has 0 saturated heterocycles. The van der Waals surface area contributed by atoms with Crippen LogP contribution in [-0.2, 0) is 25.4 Å². The molecule has 1 unspecified atom stereocenters. The first-order valence-electron chi connectivity index (χ1n) is 10.2. The summed E-state index contributed by atoms with van der Waals surface area (Å²) in [6.07, 6.45) is 1.47. The van der Waals surface area contributed by atoms with Gasteiger partial charge in [0.2, 0.25) is 15.9 Å². The van der Waals surface area contributed by atoms with E-state index >= 15 is 0 Å². The number of ether oxygens (including phenoxy) is 1. The average molecular weight is 460 g/mol. The van der Waals surface area contributed by atoms with Crippen molar-refractivity contribution in [2.45, 2.75) is 25.6 Å². The fourth-order valence-corrected chi connectivity index (χ4v) is 3.88. The molecule has 0 spiro atoms. The smallest absolute Gasteiger partial charge is 0.258 e. The summed E-state index contributed by atoms with van der Waals surface area (Å²) in [6.45, 7) is 7.09. The van der Waals surface area contributed by atoms with Crippen LogP contribution < -0.4 is 20.1 Å². The van der Waals surface area contributed by atoms with Crippen molar-refractivity contribution in [2.24, 2.45) is 5.92 Å². The zero-order chi connectivity index (χ0) is 23.6. The third kappa shape index (κ3) is 8.52. The highest BCUT2D eigenvalue weighted by Crippen LogP contribution is 2.14. The Labute approximate surface area is 189 Å². The summed E-state index contributed by atoms with van der Waals surface area (Å²) >= 11 is 0. The fraction of sp³-hybridized carbons (Fsp3) is 0.304. The van der Waals surface area contributed by atoms with E-state index in [1.165, 1.54) is 6.08 Å². The van der Waals surface area contributed by atoms with Crippen LogP contribution in [0.5, 0.6) is 5.75 Å². The predicted molar refractivity (Wildman–Crippen MR) is 125 cm³/mol. The summed E-state index contributed by atoms with van der Waals surface area (Å²) in [6, 6.07) is 14.7. The number of benzene rings is 2. The first-order valence-corrected chi connectivity index (χ1v) is 11.8. The van der Waals surface area contributed by atoms with Gasteiger partial charge in [0.15, 0.2) is 6.61 Å². The zero-order valence-corrected chi connectivity index (χ0v) is 19.0. The van der Waals surface area contributed by atoms with Gasteiger partial charge in [-0.3, -0.25) is 9.59 Å². The molecular weight excluding hydrogens is 430 g/mol. The Bertz CT molecular complexity index is 1010. The SMILES string of the molecule is C=CCNS(=O)(=O)Cc1ccc(NC(=O)C(NC(=O)COc2ccccc2)C(C)C)cc1. The van der Waals surface area contributed by atoms with Crippen molar-refractivity contribution in [3.63, 3.8) is 0 Å². The van der Waals surface area contributed by atoms with E-state index in [0.717, 1.165) is 0 Å². The molecule has 0 heterocycles. The Morgan fingerprint density at radius 1 is 1.06 bits per heavy atom. The van der Waals surface area contributed by atoms with Gasteiger partial charge in [0.05, 0.1) is 5.75 Å². The third-order valence-corrected chi connectivity index (χ3v) is 5.72. The van der Waals surface area contributed by atoms with E-state index in [4.69, 9.17) is 4.74 Å². The number of para-hydroxylation sites is 1. The minimum atomic E-state index is -3.46. The lowest BCUT2D eigenvalue weighted by Gasteiger charge is -2.22. The number of rotatable bonds is 12. The van der Waals surface area contributed by atoms with Gasteiger partial charge in [-0.25, -0.2) is 13.1 Å². The topological polar surface area (TPSA) is 114 Å². The Morgan fingerprint density at radius 2 is 1.72 bits per heavy atom. The van der Waals surface area contributed by atoms with Crippen molar-refractivity contribution in [3.05, 3.63) is 72.8 Å². The van der Waals surface area contributed by atoms with E-state index in [-0.39, 0.29) is 30.7 Å². The monoisotopic (exact) mass is 459 g/mol. The molecule has 0 bridgehead atoms. The number of amides is 2. The van der Waals surface area contributed by atoms with Crippen LogP contribution in [0, 0.1) is 5.92 Å². The van der Waals surface area contributed by atoms with Gasteiger partial charge >= 0.3 is 0 Å². The Balaban J connectivity index is 1.92. The molecule has 0 aliphatic rings. The molecule has 0 aliphatic heterocycles. The molecular formula is C23H29N3O5S. The van der Waals surface area contributed by atoms with Crippen LogP contribution in [0.2, 0.25) is 0 Å². The first kappa shape index (κ1) is 25.1. The van der Waals surface area contributed by atoms with Gasteiger partial charge in [-0.05, 0) is 35.7 Å². The number of nitrogens with one attached hydrogen (secondary N) is 3. The Kier molecular flexibility index (Phi) is 9.42. The van der Waals surface area contributed by atoms with Crippen LogP contribution in [0.15, 0.2) is 67.3 Å². The van der Waals surface area contributed by atoms with E-state index in [1.54, 1.807) is 48.5 Å². The maximum atomic E-state index is 12.7. The quantitative estimate of drug-likeness (QED) is 0.422. The van der Waals surface area contributed by atoms with Crippen LogP contribution in [0.1, 0.15) is 19.4 Å². The van der Waals surface area contributed by atoms with Crippen molar-refractivity contribution in [2.75, 3.05) is 18.5 Å². The van der Waals surface area contributed by atoms with Crippen molar-refractivity contribution in [1.29, 1.82) is 0 Å². The molecule has 3 N–H and O–H groups in total. The largest absolute Gasteiger partial charge is 0.484 e. The second kappa shape index (κ2) is 12.0. The van der Waals surface area contributed by atoms with Gasteiger partial charge in [-0.15, -0.1) is 6.58 Å². The minimum absolute atomic E-state index is 0.156. The van der Waals surface area contributed by atoms with Crippen molar-refractivity contribution < 1.29 is 22.7 Å². The number of sulfonamides is 1. The third-order valence-electron chi connectivity index (χ3n) is 4.40. The fourth-order valence-electron chi connectivity index (χ4n) is 2.78. The standard InChI is InChI=1S/C23H29N3O5S/c1-4-14-24-32(29,30)16-18-10-12-19(13-11-18)25-23(28)22(17(2)3)26-21(27)15-31-20-8-6-5-7-9-20/h4-13,17,22,24H,1,14-16H2,2-3H3,(H,25,28)(H,26,27). The molecule has 32 heavy (non-hydrogen) atoms. The number of hydrogen-bond donors (Lipinski definition) is 3. The zero-order valence-electron chi connectivity index (χ0n) is 18.2. The Morgan fingerprint density at radius 3 is 2.31 bits per heavy atom. The van der Waals surface area contributed by atoms with Gasteiger partial charge in [0.1, 0.15) is 11.8 Å². The van der Waals surface area contributed by atoms with Crippen LogP contribution >= 0.6 is 0 Å². The predicted octanol–water partition coefficient (Wildman–Crippen LogP) is 2.45. The van der Waals surface area contributed by atoms with Gasteiger partial charge in [0.25, 0.3) is 5.91 Å². The molecule has 172 valence electrons. The molecule has 0 saturated carbocycles. The maximum Gasteiger partial charge on any atom is 0.258 e. The van der Waals surface area contributed by atoms with Gasteiger partial charge in [-0.2, -0.15) is 0 Å². The van der Waals surface area contributed by atoms with E-state index in [1.807, 2.05) is 19.9 Å². The second-order valence-corrected chi connectivity index (χ2v) is 9.28. The van der Waals surface area contributed by atoms with Crippen LogP contribution in [0.4, 0.5) is 5.69 Å². The van der Waals surface area contributed by atoms with E-state index < -0.39 is 22.0 Å². The van der Waals surface area contributed by atoms with E-state index in [9.17, 15) is 18.0 Å². The molecule has 1 atom stereocenters. The molecule has 9 heteroatoms. The normalized spacial score (nSPS) is 12.1.